The SMILES string of the molecule is N#Cc1ccc(C#CCN2C(=O)c3ccccc3C2=O)cc1. The molecule has 1 aliphatic rings. The summed E-state index contributed by atoms with van der Waals surface area (Å²) in [6.45, 7) is 0.0480. The molecule has 1 heterocycles. The molecule has 0 saturated carbocycles. The number of carbonyl (C=O) groups excluding carboxylic acids is 2. The molecule has 0 spiro atoms. The first-order chi connectivity index (χ1) is 10.7. The van der Waals surface area contributed by atoms with E-state index in [4.69, 9.17) is 5.26 Å². The average Bonchev–Trinajstić information content (AvgIpc) is 2.81. The van der Waals surface area contributed by atoms with E-state index in [2.05, 4.69) is 11.8 Å². The summed E-state index contributed by atoms with van der Waals surface area (Å²) < 4.78 is 0. The highest BCUT2D eigenvalue weighted by molar-refractivity contribution is 6.21. The third-order valence-corrected chi connectivity index (χ3v) is 3.36. The molecular weight excluding hydrogens is 276 g/mol. The predicted molar refractivity (Wildman–Crippen MR) is 79.8 cm³/mol. The largest absolute Gasteiger partial charge is 0.269 e. The highest BCUT2D eigenvalue weighted by Gasteiger charge is 2.34. The number of nitriles is 1. The number of amides is 2. The van der Waals surface area contributed by atoms with E-state index in [1.54, 1.807) is 48.5 Å². The van der Waals surface area contributed by atoms with Crippen LogP contribution in [-0.4, -0.2) is 23.3 Å². The van der Waals surface area contributed by atoms with Crippen LogP contribution in [0.2, 0.25) is 0 Å². The van der Waals surface area contributed by atoms with E-state index < -0.39 is 0 Å². The lowest BCUT2D eigenvalue weighted by molar-refractivity contribution is 0.0675. The van der Waals surface area contributed by atoms with Crippen LogP contribution >= 0.6 is 0 Å². The van der Waals surface area contributed by atoms with E-state index in [1.165, 1.54) is 0 Å². The van der Waals surface area contributed by atoms with Crippen LogP contribution in [0.15, 0.2) is 48.5 Å². The number of hydrogen-bond donors (Lipinski definition) is 0. The van der Waals surface area contributed by atoms with Crippen LogP contribution in [0.3, 0.4) is 0 Å². The molecule has 2 aromatic rings. The Kier molecular flexibility index (Phi) is 3.43. The summed E-state index contributed by atoms with van der Waals surface area (Å²) >= 11 is 0. The van der Waals surface area contributed by atoms with Gasteiger partial charge < -0.3 is 0 Å². The van der Waals surface area contributed by atoms with Crippen LogP contribution in [0.5, 0.6) is 0 Å². The molecule has 3 rings (SSSR count). The predicted octanol–water partition coefficient (Wildman–Crippen LogP) is 2.21. The number of imide groups is 1. The van der Waals surface area contributed by atoms with Crippen LogP contribution in [0, 0.1) is 23.2 Å². The van der Waals surface area contributed by atoms with E-state index in [-0.39, 0.29) is 18.4 Å². The van der Waals surface area contributed by atoms with Crippen molar-refractivity contribution in [1.82, 2.24) is 4.90 Å². The third kappa shape index (κ3) is 2.34. The summed E-state index contributed by atoms with van der Waals surface area (Å²) in [5.74, 6) is 5.09. The summed E-state index contributed by atoms with van der Waals surface area (Å²) in [7, 11) is 0. The molecular formula is C18H10N2O2. The van der Waals surface area contributed by atoms with Crippen LogP contribution < -0.4 is 0 Å². The molecule has 1 aliphatic heterocycles. The van der Waals surface area contributed by atoms with E-state index >= 15 is 0 Å². The lowest BCUT2D eigenvalue weighted by Crippen LogP contribution is -2.29. The Morgan fingerprint density at radius 3 is 1.95 bits per heavy atom. The second kappa shape index (κ2) is 5.55. The van der Waals surface area contributed by atoms with Gasteiger partial charge in [-0.2, -0.15) is 5.26 Å². The molecule has 104 valence electrons. The van der Waals surface area contributed by atoms with Crippen LogP contribution in [0.1, 0.15) is 31.8 Å². The van der Waals surface area contributed by atoms with Crippen molar-refractivity contribution in [3.63, 3.8) is 0 Å². The first-order valence-corrected chi connectivity index (χ1v) is 6.65. The molecule has 0 atom stereocenters. The molecule has 4 nitrogen and oxygen atoms in total. The van der Waals surface area contributed by atoms with Crippen LogP contribution in [0.25, 0.3) is 0 Å². The quantitative estimate of drug-likeness (QED) is 0.596. The summed E-state index contributed by atoms with van der Waals surface area (Å²) in [4.78, 5) is 25.4. The van der Waals surface area contributed by atoms with E-state index in [0.717, 1.165) is 10.5 Å². The number of nitrogens with zero attached hydrogens (tertiary/aromatic N) is 2. The fraction of sp³-hybridized carbons (Fsp3) is 0.0556. The van der Waals surface area contributed by atoms with E-state index in [0.29, 0.717) is 16.7 Å². The van der Waals surface area contributed by atoms with Gasteiger partial charge in [-0.3, -0.25) is 14.5 Å². The zero-order valence-corrected chi connectivity index (χ0v) is 11.5. The minimum Gasteiger partial charge on any atom is -0.269 e. The van der Waals surface area contributed by atoms with Gasteiger partial charge in [0.2, 0.25) is 0 Å². The Balaban J connectivity index is 1.76. The Bertz CT molecular complexity index is 829. The van der Waals surface area contributed by atoms with Gasteiger partial charge in [0.05, 0.1) is 29.3 Å². The van der Waals surface area contributed by atoms with Crippen molar-refractivity contribution < 1.29 is 9.59 Å². The summed E-state index contributed by atoms with van der Waals surface area (Å²) in [6, 6.07) is 15.6. The topological polar surface area (TPSA) is 61.2 Å². The van der Waals surface area contributed by atoms with Crippen molar-refractivity contribution in [3.05, 3.63) is 70.8 Å². The average molecular weight is 286 g/mol. The maximum absolute atomic E-state index is 12.1. The molecule has 2 amide bonds. The molecule has 0 aliphatic carbocycles. The van der Waals surface area contributed by atoms with E-state index in [1.807, 2.05) is 6.07 Å². The maximum Gasteiger partial charge on any atom is 0.262 e. The second-order valence-electron chi connectivity index (χ2n) is 4.73. The zero-order chi connectivity index (χ0) is 15.5. The van der Waals surface area contributed by atoms with Gasteiger partial charge >= 0.3 is 0 Å². The van der Waals surface area contributed by atoms with Gasteiger partial charge in [0.15, 0.2) is 0 Å². The molecule has 0 unspecified atom stereocenters. The lowest BCUT2D eigenvalue weighted by atomic mass is 10.1. The van der Waals surface area contributed by atoms with Crippen molar-refractivity contribution >= 4 is 11.8 Å². The van der Waals surface area contributed by atoms with Gasteiger partial charge in [-0.05, 0) is 36.4 Å². The lowest BCUT2D eigenvalue weighted by Gasteiger charge is -2.08. The monoisotopic (exact) mass is 286 g/mol. The molecule has 4 heteroatoms. The molecule has 0 bridgehead atoms. The first-order valence-electron chi connectivity index (χ1n) is 6.65. The molecule has 0 aromatic heterocycles. The Hall–Kier alpha value is -3.37. The number of rotatable bonds is 1. The van der Waals surface area contributed by atoms with Gasteiger partial charge in [-0.15, -0.1) is 0 Å². The van der Waals surface area contributed by atoms with Gasteiger partial charge in [-0.25, -0.2) is 0 Å². The molecule has 2 aromatic carbocycles. The molecule has 0 N–H and O–H groups in total. The fourth-order valence-electron chi connectivity index (χ4n) is 2.23. The minimum absolute atomic E-state index is 0.0480. The molecule has 22 heavy (non-hydrogen) atoms. The minimum atomic E-state index is -0.310. The van der Waals surface area contributed by atoms with Crippen molar-refractivity contribution in [1.29, 1.82) is 5.26 Å². The number of benzene rings is 2. The van der Waals surface area contributed by atoms with Crippen molar-refractivity contribution in [2.45, 2.75) is 0 Å². The van der Waals surface area contributed by atoms with Gasteiger partial charge in [-0.1, -0.05) is 24.0 Å². The smallest absolute Gasteiger partial charge is 0.262 e. The Morgan fingerprint density at radius 1 is 0.864 bits per heavy atom. The van der Waals surface area contributed by atoms with Crippen molar-refractivity contribution in [3.8, 4) is 17.9 Å². The maximum atomic E-state index is 12.1. The zero-order valence-electron chi connectivity index (χ0n) is 11.5. The highest BCUT2D eigenvalue weighted by Crippen LogP contribution is 2.21. The molecule has 0 fully saturated rings. The summed E-state index contributed by atoms with van der Waals surface area (Å²) in [5, 5.41) is 8.72. The normalized spacial score (nSPS) is 12.4. The first kappa shape index (κ1) is 13.6. The van der Waals surface area contributed by atoms with Gasteiger partial charge in [0, 0.05) is 5.56 Å². The summed E-state index contributed by atoms with van der Waals surface area (Å²) in [6.07, 6.45) is 0. The van der Waals surface area contributed by atoms with E-state index in [9.17, 15) is 9.59 Å². The fourth-order valence-corrected chi connectivity index (χ4v) is 2.23. The highest BCUT2D eigenvalue weighted by atomic mass is 16.2. The number of hydrogen-bond acceptors (Lipinski definition) is 3. The van der Waals surface area contributed by atoms with Gasteiger partial charge in [0.25, 0.3) is 11.8 Å². The Labute approximate surface area is 127 Å². The van der Waals surface area contributed by atoms with Crippen molar-refractivity contribution in [2.75, 3.05) is 6.54 Å². The molecule has 0 radical (unpaired) electrons. The van der Waals surface area contributed by atoms with Crippen LogP contribution in [0.4, 0.5) is 0 Å². The number of fused-ring (bicyclic) bond motifs is 1. The second-order valence-corrected chi connectivity index (χ2v) is 4.73. The summed E-state index contributed by atoms with van der Waals surface area (Å²) in [5.41, 5.74) is 2.14. The van der Waals surface area contributed by atoms with Crippen LogP contribution in [-0.2, 0) is 0 Å². The molecule has 0 saturated heterocycles. The Morgan fingerprint density at radius 2 is 1.41 bits per heavy atom. The van der Waals surface area contributed by atoms with Crippen molar-refractivity contribution in [2.24, 2.45) is 0 Å². The van der Waals surface area contributed by atoms with Gasteiger partial charge in [0.1, 0.15) is 0 Å². The third-order valence-electron chi connectivity index (χ3n) is 3.36. The standard InChI is InChI=1S/C18H10N2O2/c19-12-14-9-7-13(8-10-14)4-3-11-20-17(21)15-5-1-2-6-16(15)18(20)22/h1-2,5-10H,11H2. The number of carbonyl (C=O) groups is 2.